The Bertz CT molecular complexity index is 1090. The van der Waals surface area contributed by atoms with Crippen LogP contribution in [-0.2, 0) is 16.0 Å². The number of likely N-dealkylation sites (tertiary alicyclic amines) is 1. The minimum Gasteiger partial charge on any atom is -0.347 e. The molecule has 0 radical (unpaired) electrons. The molecule has 1 N–H and O–H groups in total. The molecule has 3 aromatic carbocycles. The van der Waals surface area contributed by atoms with E-state index in [4.69, 9.17) is 23.2 Å². The number of benzene rings is 3. The van der Waals surface area contributed by atoms with Crippen LogP contribution in [0.15, 0.2) is 60.7 Å². The Labute approximate surface area is 185 Å². The minimum absolute atomic E-state index is 0.0125. The molecular weight excluding hydrogens is 419 g/mol. The molecule has 1 aliphatic heterocycles. The van der Waals surface area contributed by atoms with Crippen molar-refractivity contribution in [1.29, 1.82) is 0 Å². The first-order chi connectivity index (χ1) is 14.5. The molecule has 2 amide bonds. The lowest BCUT2D eigenvalue weighted by atomic mass is 10.0. The van der Waals surface area contributed by atoms with E-state index in [1.165, 1.54) is 0 Å². The Morgan fingerprint density at radius 3 is 2.63 bits per heavy atom. The molecule has 3 aromatic rings. The average molecular weight is 441 g/mol. The summed E-state index contributed by atoms with van der Waals surface area (Å²) in [5, 5.41) is 5.92. The SMILES string of the molecule is O=C(Cc1cccc2ccccc12)NCC(=O)N1CCCC1c1ccc(Cl)c(Cl)c1. The Kier molecular flexibility index (Phi) is 6.26. The molecule has 1 heterocycles. The Balaban J connectivity index is 1.38. The van der Waals surface area contributed by atoms with Gasteiger partial charge in [0.15, 0.2) is 0 Å². The fraction of sp³-hybridized carbons (Fsp3) is 0.250. The van der Waals surface area contributed by atoms with Crippen LogP contribution in [0.1, 0.15) is 30.0 Å². The maximum Gasteiger partial charge on any atom is 0.242 e. The normalized spacial score (nSPS) is 16.1. The van der Waals surface area contributed by atoms with Crippen LogP contribution >= 0.6 is 23.2 Å². The number of rotatable bonds is 5. The van der Waals surface area contributed by atoms with Gasteiger partial charge < -0.3 is 10.2 Å². The minimum atomic E-state index is -0.162. The van der Waals surface area contributed by atoms with Crippen LogP contribution in [0.4, 0.5) is 0 Å². The molecule has 30 heavy (non-hydrogen) atoms. The predicted molar refractivity (Wildman–Crippen MR) is 121 cm³/mol. The van der Waals surface area contributed by atoms with Crippen LogP contribution in [0, 0.1) is 0 Å². The highest BCUT2D eigenvalue weighted by Gasteiger charge is 2.30. The highest BCUT2D eigenvalue weighted by molar-refractivity contribution is 6.42. The van der Waals surface area contributed by atoms with Crippen LogP contribution in [0.5, 0.6) is 0 Å². The molecular formula is C24H22Cl2N2O2. The van der Waals surface area contributed by atoms with E-state index in [0.717, 1.165) is 34.7 Å². The smallest absolute Gasteiger partial charge is 0.242 e. The Morgan fingerprint density at radius 2 is 1.80 bits per heavy atom. The van der Waals surface area contributed by atoms with Gasteiger partial charge in [-0.25, -0.2) is 0 Å². The van der Waals surface area contributed by atoms with Crippen molar-refractivity contribution >= 4 is 45.8 Å². The quantitative estimate of drug-likeness (QED) is 0.594. The summed E-state index contributed by atoms with van der Waals surface area (Å²) < 4.78 is 0. The van der Waals surface area contributed by atoms with Crippen LogP contribution in [-0.4, -0.2) is 29.8 Å². The lowest BCUT2D eigenvalue weighted by Crippen LogP contribution is -2.40. The second-order valence-corrected chi connectivity index (χ2v) is 8.32. The van der Waals surface area contributed by atoms with Crippen molar-refractivity contribution < 1.29 is 9.59 Å². The van der Waals surface area contributed by atoms with Gasteiger partial charge in [-0.1, -0.05) is 71.7 Å². The van der Waals surface area contributed by atoms with Gasteiger partial charge in [0.25, 0.3) is 0 Å². The van der Waals surface area contributed by atoms with Crippen molar-refractivity contribution in [3.8, 4) is 0 Å². The predicted octanol–water partition coefficient (Wildman–Crippen LogP) is 5.17. The average Bonchev–Trinajstić information content (AvgIpc) is 3.24. The van der Waals surface area contributed by atoms with E-state index < -0.39 is 0 Å². The third kappa shape index (κ3) is 4.45. The summed E-state index contributed by atoms with van der Waals surface area (Å²) in [5.74, 6) is -0.250. The van der Waals surface area contributed by atoms with Crippen LogP contribution < -0.4 is 5.32 Å². The van der Waals surface area contributed by atoms with Crippen LogP contribution in [0.2, 0.25) is 10.0 Å². The topological polar surface area (TPSA) is 49.4 Å². The molecule has 154 valence electrons. The molecule has 4 rings (SSSR count). The highest BCUT2D eigenvalue weighted by atomic mass is 35.5. The summed E-state index contributed by atoms with van der Waals surface area (Å²) in [6.45, 7) is 0.657. The van der Waals surface area contributed by atoms with Crippen molar-refractivity contribution in [2.45, 2.75) is 25.3 Å². The van der Waals surface area contributed by atoms with E-state index in [-0.39, 0.29) is 30.8 Å². The van der Waals surface area contributed by atoms with E-state index in [1.807, 2.05) is 59.5 Å². The number of halogens is 2. The second kappa shape index (κ2) is 9.07. The highest BCUT2D eigenvalue weighted by Crippen LogP contribution is 2.34. The first-order valence-electron chi connectivity index (χ1n) is 10.0. The van der Waals surface area contributed by atoms with E-state index in [0.29, 0.717) is 16.6 Å². The van der Waals surface area contributed by atoms with Crippen LogP contribution in [0.3, 0.4) is 0 Å². The number of carbonyl (C=O) groups excluding carboxylic acids is 2. The molecule has 6 heteroatoms. The largest absolute Gasteiger partial charge is 0.347 e. The number of hydrogen-bond donors (Lipinski definition) is 1. The lowest BCUT2D eigenvalue weighted by molar-refractivity contribution is -0.133. The Hall–Kier alpha value is -2.56. The number of fused-ring (bicyclic) bond motifs is 1. The zero-order valence-electron chi connectivity index (χ0n) is 16.4. The third-order valence-electron chi connectivity index (χ3n) is 5.57. The molecule has 1 atom stereocenters. The van der Waals surface area contributed by atoms with E-state index in [9.17, 15) is 9.59 Å². The molecule has 1 saturated heterocycles. The second-order valence-electron chi connectivity index (χ2n) is 7.51. The van der Waals surface area contributed by atoms with E-state index in [2.05, 4.69) is 5.32 Å². The van der Waals surface area contributed by atoms with Crippen molar-refractivity contribution in [2.75, 3.05) is 13.1 Å². The maximum atomic E-state index is 12.8. The summed E-state index contributed by atoms with van der Waals surface area (Å²) in [7, 11) is 0. The Morgan fingerprint density at radius 1 is 1.00 bits per heavy atom. The molecule has 1 unspecified atom stereocenters. The van der Waals surface area contributed by atoms with Gasteiger partial charge in [-0.3, -0.25) is 9.59 Å². The standard InChI is InChI=1S/C24H22Cl2N2O2/c25-20-11-10-18(13-21(20)26)22-9-4-12-28(22)24(30)15-27-23(29)14-17-7-3-6-16-5-1-2-8-19(16)17/h1-3,5-8,10-11,13,22H,4,9,12,14-15H2,(H,27,29). The van der Waals surface area contributed by atoms with Crippen molar-refractivity contribution in [2.24, 2.45) is 0 Å². The molecule has 0 spiro atoms. The van der Waals surface area contributed by atoms with Gasteiger partial charge >= 0.3 is 0 Å². The van der Waals surface area contributed by atoms with Gasteiger partial charge in [0, 0.05) is 6.54 Å². The summed E-state index contributed by atoms with van der Waals surface area (Å²) in [6, 6.07) is 19.3. The number of nitrogens with one attached hydrogen (secondary N) is 1. The van der Waals surface area contributed by atoms with Gasteiger partial charge in [-0.2, -0.15) is 0 Å². The number of amides is 2. The third-order valence-corrected chi connectivity index (χ3v) is 6.31. The first kappa shape index (κ1) is 20.7. The zero-order valence-corrected chi connectivity index (χ0v) is 17.9. The van der Waals surface area contributed by atoms with Crippen molar-refractivity contribution in [1.82, 2.24) is 10.2 Å². The summed E-state index contributed by atoms with van der Waals surface area (Å²) in [5.41, 5.74) is 1.92. The molecule has 0 bridgehead atoms. The molecule has 0 aromatic heterocycles. The summed E-state index contributed by atoms with van der Waals surface area (Å²) in [4.78, 5) is 27.1. The van der Waals surface area contributed by atoms with Crippen LogP contribution in [0.25, 0.3) is 10.8 Å². The molecule has 0 saturated carbocycles. The lowest BCUT2D eigenvalue weighted by Gasteiger charge is -2.25. The van der Waals surface area contributed by atoms with Gasteiger partial charge in [-0.15, -0.1) is 0 Å². The number of carbonyl (C=O) groups is 2. The zero-order chi connectivity index (χ0) is 21.1. The monoisotopic (exact) mass is 440 g/mol. The molecule has 1 aliphatic rings. The van der Waals surface area contributed by atoms with Gasteiger partial charge in [0.2, 0.25) is 11.8 Å². The van der Waals surface area contributed by atoms with Crippen molar-refractivity contribution in [3.05, 3.63) is 81.8 Å². The summed E-state index contributed by atoms with van der Waals surface area (Å²) in [6.07, 6.45) is 2.03. The first-order valence-corrected chi connectivity index (χ1v) is 10.8. The maximum absolute atomic E-state index is 12.8. The van der Waals surface area contributed by atoms with Gasteiger partial charge in [0.05, 0.1) is 29.1 Å². The number of nitrogens with zero attached hydrogens (tertiary/aromatic N) is 1. The van der Waals surface area contributed by atoms with E-state index >= 15 is 0 Å². The van der Waals surface area contributed by atoms with Crippen molar-refractivity contribution in [3.63, 3.8) is 0 Å². The van der Waals surface area contributed by atoms with Gasteiger partial charge in [-0.05, 0) is 46.9 Å². The van der Waals surface area contributed by atoms with E-state index in [1.54, 1.807) is 6.07 Å². The number of hydrogen-bond acceptors (Lipinski definition) is 2. The fourth-order valence-corrected chi connectivity index (χ4v) is 4.40. The van der Waals surface area contributed by atoms with Gasteiger partial charge in [0.1, 0.15) is 0 Å². The molecule has 1 fully saturated rings. The molecule has 4 nitrogen and oxygen atoms in total. The fourth-order valence-electron chi connectivity index (χ4n) is 4.09. The molecule has 0 aliphatic carbocycles. The summed E-state index contributed by atoms with van der Waals surface area (Å²) >= 11 is 12.2.